The Balaban J connectivity index is 1.52. The molecular weight excluding hydrogens is 458 g/mol. The van der Waals surface area contributed by atoms with Crippen molar-refractivity contribution in [1.29, 1.82) is 0 Å². The van der Waals surface area contributed by atoms with Gasteiger partial charge in [-0.15, -0.1) is 0 Å². The molecule has 0 radical (unpaired) electrons. The lowest BCUT2D eigenvalue weighted by atomic mass is 9.87. The number of aldehydes is 1. The van der Waals surface area contributed by atoms with Gasteiger partial charge < -0.3 is 14.5 Å². The third-order valence-corrected chi connectivity index (χ3v) is 6.62. The molecule has 3 aromatic heterocycles. The van der Waals surface area contributed by atoms with Crippen molar-refractivity contribution < 1.29 is 22.8 Å². The zero-order valence-electron chi connectivity index (χ0n) is 19.0. The van der Waals surface area contributed by atoms with Crippen LogP contribution >= 0.6 is 0 Å². The number of alkyl halides is 2. The standard InChI is InChI=1S/C24H26F2N6O3/c25-23(26)22-20(11-31(30-22)17-5-3-16(12-33)4-6-17)32(24(34)19-13-35-14-29-19)18-7-8-27-21(9-18)28-10-15-1-2-15/h7-9,11-17,23H,1-6,10H2,(H,27,28). The summed E-state index contributed by atoms with van der Waals surface area (Å²) in [5.41, 5.74) is -0.181. The van der Waals surface area contributed by atoms with Crippen molar-refractivity contribution in [1.82, 2.24) is 19.7 Å². The second kappa shape index (κ2) is 9.93. The van der Waals surface area contributed by atoms with Gasteiger partial charge in [0.2, 0.25) is 0 Å². The third-order valence-electron chi connectivity index (χ3n) is 6.62. The fourth-order valence-corrected chi connectivity index (χ4v) is 4.44. The van der Waals surface area contributed by atoms with E-state index in [1.165, 1.54) is 28.2 Å². The molecule has 2 aliphatic rings. The van der Waals surface area contributed by atoms with Gasteiger partial charge in [0.1, 0.15) is 18.4 Å². The van der Waals surface area contributed by atoms with Crippen LogP contribution in [0.1, 0.15) is 67.2 Å². The van der Waals surface area contributed by atoms with E-state index in [0.29, 0.717) is 43.1 Å². The Hall–Kier alpha value is -3.63. The molecule has 0 saturated heterocycles. The molecule has 184 valence electrons. The maximum absolute atomic E-state index is 14.2. The topological polar surface area (TPSA) is 106 Å². The number of pyridine rings is 1. The van der Waals surface area contributed by atoms with Gasteiger partial charge in [-0.25, -0.2) is 18.7 Å². The normalized spacial score (nSPS) is 20.1. The van der Waals surface area contributed by atoms with Crippen LogP contribution in [0, 0.1) is 11.8 Å². The number of hydrogen-bond acceptors (Lipinski definition) is 7. The summed E-state index contributed by atoms with van der Waals surface area (Å²) >= 11 is 0. The monoisotopic (exact) mass is 484 g/mol. The summed E-state index contributed by atoms with van der Waals surface area (Å²) in [6.07, 6.45) is 8.33. The van der Waals surface area contributed by atoms with Crippen molar-refractivity contribution in [2.75, 3.05) is 16.8 Å². The minimum atomic E-state index is -2.90. The van der Waals surface area contributed by atoms with Gasteiger partial charge in [0, 0.05) is 30.9 Å². The number of oxazole rings is 1. The van der Waals surface area contributed by atoms with Crippen molar-refractivity contribution >= 4 is 29.4 Å². The van der Waals surface area contributed by atoms with Gasteiger partial charge in [-0.05, 0) is 50.5 Å². The maximum atomic E-state index is 14.2. The fraction of sp³-hybridized carbons (Fsp3) is 0.458. The van der Waals surface area contributed by atoms with Gasteiger partial charge in [0.05, 0.1) is 17.4 Å². The zero-order chi connectivity index (χ0) is 24.4. The molecule has 35 heavy (non-hydrogen) atoms. The van der Waals surface area contributed by atoms with Crippen LogP contribution in [-0.4, -0.2) is 38.5 Å². The van der Waals surface area contributed by atoms with E-state index in [4.69, 9.17) is 4.42 Å². The van der Waals surface area contributed by atoms with Crippen LogP contribution in [0.15, 0.2) is 41.6 Å². The Morgan fingerprint density at radius 3 is 2.69 bits per heavy atom. The fourth-order valence-electron chi connectivity index (χ4n) is 4.44. The highest BCUT2D eigenvalue weighted by Crippen LogP contribution is 2.39. The highest BCUT2D eigenvalue weighted by molar-refractivity contribution is 6.10. The van der Waals surface area contributed by atoms with E-state index in [1.807, 2.05) is 0 Å². The molecule has 1 N–H and O–H groups in total. The summed E-state index contributed by atoms with van der Waals surface area (Å²) in [6, 6.07) is 3.11. The van der Waals surface area contributed by atoms with E-state index in [0.717, 1.165) is 32.1 Å². The quantitative estimate of drug-likeness (QED) is 0.429. The Bertz CT molecular complexity index is 1170. The predicted molar refractivity (Wildman–Crippen MR) is 123 cm³/mol. The number of anilines is 3. The van der Waals surface area contributed by atoms with Crippen molar-refractivity contribution in [3.8, 4) is 0 Å². The Morgan fingerprint density at radius 2 is 2.03 bits per heavy atom. The van der Waals surface area contributed by atoms with Crippen molar-refractivity contribution in [3.05, 3.63) is 48.6 Å². The van der Waals surface area contributed by atoms with E-state index in [1.54, 1.807) is 12.1 Å². The highest BCUT2D eigenvalue weighted by atomic mass is 19.3. The number of nitrogens with zero attached hydrogens (tertiary/aromatic N) is 5. The van der Waals surface area contributed by atoms with Crippen molar-refractivity contribution in [2.45, 2.75) is 51.0 Å². The number of halogens is 2. The summed E-state index contributed by atoms with van der Waals surface area (Å²) in [5.74, 6) is 0.514. The molecule has 5 rings (SSSR count). The van der Waals surface area contributed by atoms with E-state index in [9.17, 15) is 18.4 Å². The molecule has 2 fully saturated rings. The predicted octanol–water partition coefficient (Wildman–Crippen LogP) is 4.93. The van der Waals surface area contributed by atoms with Crippen LogP contribution in [0.3, 0.4) is 0 Å². The average Bonchev–Trinajstić information content (AvgIpc) is 3.34. The summed E-state index contributed by atoms with van der Waals surface area (Å²) < 4.78 is 34.8. The summed E-state index contributed by atoms with van der Waals surface area (Å²) in [5, 5.41) is 7.44. The Morgan fingerprint density at radius 1 is 1.23 bits per heavy atom. The van der Waals surface area contributed by atoms with Gasteiger partial charge in [0.25, 0.3) is 12.3 Å². The second-order valence-corrected chi connectivity index (χ2v) is 9.12. The number of carbonyl (C=O) groups excluding carboxylic acids is 2. The van der Waals surface area contributed by atoms with E-state index < -0.39 is 18.0 Å². The molecule has 11 heteroatoms. The molecule has 0 atom stereocenters. The van der Waals surface area contributed by atoms with Crippen LogP contribution < -0.4 is 10.2 Å². The van der Waals surface area contributed by atoms with E-state index >= 15 is 0 Å². The lowest BCUT2D eigenvalue weighted by molar-refractivity contribution is -0.112. The molecule has 0 bridgehead atoms. The molecule has 3 aromatic rings. The summed E-state index contributed by atoms with van der Waals surface area (Å²) in [4.78, 5) is 34.0. The second-order valence-electron chi connectivity index (χ2n) is 9.12. The lowest BCUT2D eigenvalue weighted by Crippen LogP contribution is -2.27. The molecule has 0 aliphatic heterocycles. The van der Waals surface area contributed by atoms with Crippen LogP contribution in [-0.2, 0) is 4.79 Å². The number of nitrogens with one attached hydrogen (secondary N) is 1. The smallest absolute Gasteiger partial charge is 0.284 e. The first kappa shape index (κ1) is 23.1. The molecule has 3 heterocycles. The van der Waals surface area contributed by atoms with E-state index in [2.05, 4.69) is 20.4 Å². The van der Waals surface area contributed by atoms with Crippen LogP contribution in [0.25, 0.3) is 0 Å². The molecule has 9 nitrogen and oxygen atoms in total. The van der Waals surface area contributed by atoms with Crippen molar-refractivity contribution in [2.24, 2.45) is 11.8 Å². The molecule has 0 unspecified atom stereocenters. The minimum Gasteiger partial charge on any atom is -0.451 e. The summed E-state index contributed by atoms with van der Waals surface area (Å²) in [7, 11) is 0. The van der Waals surface area contributed by atoms with Gasteiger partial charge in [-0.2, -0.15) is 5.10 Å². The van der Waals surface area contributed by atoms with Gasteiger partial charge in [0.15, 0.2) is 17.8 Å². The van der Waals surface area contributed by atoms with Crippen LogP contribution in [0.5, 0.6) is 0 Å². The number of amides is 1. The molecule has 2 aliphatic carbocycles. The first-order valence-corrected chi connectivity index (χ1v) is 11.8. The largest absolute Gasteiger partial charge is 0.451 e. The SMILES string of the molecule is O=CC1CCC(n2cc(N(C(=O)c3cocn3)c3ccnc(NCC4CC4)c3)c(C(F)F)n2)CC1. The van der Waals surface area contributed by atoms with E-state index in [-0.39, 0.29) is 23.3 Å². The molecule has 0 aromatic carbocycles. The first-order valence-electron chi connectivity index (χ1n) is 11.8. The summed E-state index contributed by atoms with van der Waals surface area (Å²) in [6.45, 7) is 0.761. The first-order chi connectivity index (χ1) is 17.0. The van der Waals surface area contributed by atoms with Gasteiger partial charge in [-0.1, -0.05) is 0 Å². The molecule has 0 spiro atoms. The zero-order valence-corrected chi connectivity index (χ0v) is 19.0. The maximum Gasteiger partial charge on any atom is 0.284 e. The molecule has 2 saturated carbocycles. The Labute approximate surface area is 200 Å². The molecule has 1 amide bonds. The third kappa shape index (κ3) is 5.08. The molecular formula is C24H26F2N6O3. The Kier molecular flexibility index (Phi) is 6.56. The van der Waals surface area contributed by atoms with Crippen molar-refractivity contribution in [3.63, 3.8) is 0 Å². The van der Waals surface area contributed by atoms with Gasteiger partial charge in [-0.3, -0.25) is 14.4 Å². The minimum absolute atomic E-state index is 0.0144. The average molecular weight is 485 g/mol. The highest BCUT2D eigenvalue weighted by Gasteiger charge is 2.32. The lowest BCUT2D eigenvalue weighted by Gasteiger charge is -2.25. The number of hydrogen-bond donors (Lipinski definition) is 1. The van der Waals surface area contributed by atoms with Gasteiger partial charge >= 0.3 is 0 Å². The number of rotatable bonds is 9. The number of carbonyl (C=O) groups is 2. The van der Waals surface area contributed by atoms with Crippen LogP contribution in [0.2, 0.25) is 0 Å². The number of aromatic nitrogens is 4. The van der Waals surface area contributed by atoms with Crippen LogP contribution in [0.4, 0.5) is 26.0 Å².